The van der Waals surface area contributed by atoms with Gasteiger partial charge in [-0.2, -0.15) is 12.1 Å². The van der Waals surface area contributed by atoms with Crippen LogP contribution in [0.4, 0.5) is 11.4 Å². The molecule has 4 nitrogen and oxygen atoms in total. The Balaban J connectivity index is 0.00000225. The molecule has 2 aromatic rings. The summed E-state index contributed by atoms with van der Waals surface area (Å²) in [5.41, 5.74) is 3.20. The van der Waals surface area contributed by atoms with E-state index in [1.165, 1.54) is 5.69 Å². The molecule has 0 atom stereocenters. The molecule has 1 aliphatic heterocycles. The Labute approximate surface area is 192 Å². The number of hydrogen-bond acceptors (Lipinski definition) is 4. The van der Waals surface area contributed by atoms with Crippen LogP contribution in [0.1, 0.15) is 26.3 Å². The summed E-state index contributed by atoms with van der Waals surface area (Å²) < 4.78 is 6.11. The minimum absolute atomic E-state index is 0. The third-order valence-electron chi connectivity index (χ3n) is 4.27. The second-order valence-electron chi connectivity index (χ2n) is 5.66. The average molecular weight is 363 g/mol. The van der Waals surface area contributed by atoms with Gasteiger partial charge in [-0.1, -0.05) is 0 Å². The van der Waals surface area contributed by atoms with E-state index in [4.69, 9.17) is 4.74 Å². The summed E-state index contributed by atoms with van der Waals surface area (Å²) >= 11 is 0. The number of nitrogens with zero attached hydrogens (tertiary/aromatic N) is 2. The molecular weight excluding hydrogens is 339 g/mol. The van der Waals surface area contributed by atoms with Gasteiger partial charge in [0.05, 0.1) is 5.69 Å². The Morgan fingerprint density at radius 2 is 1.92 bits per heavy atom. The first kappa shape index (κ1) is 20.3. The fraction of sp³-hybridized carbons (Fsp3) is 0.300. The number of ether oxygens (including phenoxy) is 1. The van der Waals surface area contributed by atoms with E-state index in [1.807, 2.05) is 12.1 Å². The van der Waals surface area contributed by atoms with E-state index in [9.17, 15) is 5.11 Å². The molecule has 0 amide bonds. The molecule has 0 aromatic heterocycles. The smallest absolute Gasteiger partial charge is 0.534 e. The van der Waals surface area contributed by atoms with Gasteiger partial charge in [0.15, 0.2) is 11.6 Å². The molecule has 1 aliphatic rings. The maximum Gasteiger partial charge on any atom is 1.00 e. The first-order chi connectivity index (χ1) is 11.7. The van der Waals surface area contributed by atoms with E-state index in [1.54, 1.807) is 12.1 Å². The normalized spacial score (nSPS) is 14.0. The van der Waals surface area contributed by atoms with Crippen molar-refractivity contribution in [3.05, 3.63) is 53.9 Å². The van der Waals surface area contributed by atoms with Crippen molar-refractivity contribution in [1.82, 2.24) is 0 Å². The molecule has 25 heavy (non-hydrogen) atoms. The monoisotopic (exact) mass is 362 g/mol. The summed E-state index contributed by atoms with van der Waals surface area (Å²) in [6.07, 6.45) is 1.97. The van der Waals surface area contributed by atoms with Crippen LogP contribution in [-0.2, 0) is 0 Å². The summed E-state index contributed by atoms with van der Waals surface area (Å²) in [6, 6.07) is 14.4. The average Bonchev–Trinajstić information content (AvgIpc) is 2.94. The minimum Gasteiger partial charge on any atom is -0.534 e. The molecule has 0 saturated carbocycles. The van der Waals surface area contributed by atoms with Gasteiger partial charge in [-0.3, -0.25) is 0 Å². The maximum atomic E-state index is 9.36. The van der Waals surface area contributed by atoms with Crippen LogP contribution in [0, 0.1) is 6.07 Å². The van der Waals surface area contributed by atoms with Crippen molar-refractivity contribution in [1.29, 1.82) is 0 Å². The second-order valence-corrected chi connectivity index (χ2v) is 5.66. The largest absolute Gasteiger partial charge is 1.00 e. The van der Waals surface area contributed by atoms with Gasteiger partial charge in [0, 0.05) is 37.1 Å². The van der Waals surface area contributed by atoms with Gasteiger partial charge < -0.3 is 19.6 Å². The third kappa shape index (κ3) is 4.41. The topological polar surface area (TPSA) is 35.9 Å². The van der Waals surface area contributed by atoms with Gasteiger partial charge in [0.1, 0.15) is 0 Å². The quantitative estimate of drug-likeness (QED) is 0.642. The predicted molar refractivity (Wildman–Crippen MR) is 98.6 cm³/mol. The van der Waals surface area contributed by atoms with E-state index in [2.05, 4.69) is 54.8 Å². The zero-order chi connectivity index (χ0) is 17.1. The number of hydrogen-bond donors (Lipinski definition) is 1. The predicted octanol–water partition coefficient (Wildman–Crippen LogP) is 1.26. The van der Waals surface area contributed by atoms with Gasteiger partial charge in [-0.15, -0.1) is 17.7 Å². The minimum atomic E-state index is 0. The SMILES string of the molecule is CCN(CC)c1ccc2c(c1)O/C(=C\c1c[c-]c(O)cc1)N2CC.[K+]. The second kappa shape index (κ2) is 9.10. The van der Waals surface area contributed by atoms with E-state index >= 15 is 0 Å². The zero-order valence-electron chi connectivity index (χ0n) is 15.4. The van der Waals surface area contributed by atoms with Crippen molar-refractivity contribution in [2.75, 3.05) is 29.4 Å². The molecule has 0 unspecified atom stereocenters. The molecule has 0 saturated heterocycles. The van der Waals surface area contributed by atoms with Crippen LogP contribution in [0.5, 0.6) is 11.5 Å². The fourth-order valence-electron chi connectivity index (χ4n) is 2.97. The molecule has 0 aliphatic carbocycles. The van der Waals surface area contributed by atoms with Crippen molar-refractivity contribution in [3.8, 4) is 11.5 Å². The van der Waals surface area contributed by atoms with Crippen LogP contribution in [0.2, 0.25) is 0 Å². The number of phenolic OH excluding ortho intramolecular Hbond substituents is 1. The van der Waals surface area contributed by atoms with E-state index < -0.39 is 0 Å². The van der Waals surface area contributed by atoms with Crippen molar-refractivity contribution in [3.63, 3.8) is 0 Å². The molecule has 5 heteroatoms. The molecule has 1 heterocycles. The molecule has 1 N–H and O–H groups in total. The molecule has 2 aromatic carbocycles. The molecule has 0 fully saturated rings. The number of anilines is 2. The summed E-state index contributed by atoms with van der Waals surface area (Å²) in [6.45, 7) is 9.18. The summed E-state index contributed by atoms with van der Waals surface area (Å²) in [5.74, 6) is 1.82. The number of rotatable bonds is 5. The molecule has 3 rings (SSSR count). The Kier molecular flexibility index (Phi) is 7.40. The van der Waals surface area contributed by atoms with Crippen molar-refractivity contribution in [2.45, 2.75) is 20.8 Å². The van der Waals surface area contributed by atoms with Gasteiger partial charge >= 0.3 is 51.4 Å². The summed E-state index contributed by atoms with van der Waals surface area (Å²) in [5, 5.41) is 9.36. The number of aromatic hydroxyl groups is 1. The van der Waals surface area contributed by atoms with Crippen LogP contribution in [0.3, 0.4) is 0 Å². The van der Waals surface area contributed by atoms with Crippen molar-refractivity contribution < 1.29 is 61.2 Å². The molecule has 126 valence electrons. The zero-order valence-corrected chi connectivity index (χ0v) is 18.5. The molecule has 0 radical (unpaired) electrons. The van der Waals surface area contributed by atoms with E-state index in [-0.39, 0.29) is 57.1 Å². The number of phenols is 1. The van der Waals surface area contributed by atoms with Crippen LogP contribution in [0.25, 0.3) is 6.08 Å². The molecule has 0 bridgehead atoms. The third-order valence-corrected chi connectivity index (χ3v) is 4.27. The first-order valence-corrected chi connectivity index (χ1v) is 8.43. The van der Waals surface area contributed by atoms with Crippen molar-refractivity contribution in [2.24, 2.45) is 0 Å². The Hall–Kier alpha value is -0.984. The summed E-state index contributed by atoms with van der Waals surface area (Å²) in [7, 11) is 0. The van der Waals surface area contributed by atoms with E-state index in [0.717, 1.165) is 42.5 Å². The maximum absolute atomic E-state index is 9.36. The van der Waals surface area contributed by atoms with Crippen molar-refractivity contribution >= 4 is 17.5 Å². The Morgan fingerprint density at radius 3 is 2.52 bits per heavy atom. The van der Waals surface area contributed by atoms with Gasteiger partial charge in [0.2, 0.25) is 0 Å². The number of benzene rings is 2. The standard InChI is InChI=1S/C20H23N2O2.K/c1-4-21(5-2)16-9-12-18-19(14-16)24-20(22(18)6-3)13-15-7-10-17(23)11-8-15;/h7-10,12-14,23H,4-6H2,1-3H3;/q-1;+1/b20-13-;. The Bertz CT molecular complexity index is 740. The van der Waals surface area contributed by atoms with Crippen LogP contribution < -0.4 is 65.9 Å². The Morgan fingerprint density at radius 1 is 1.16 bits per heavy atom. The molecule has 0 spiro atoms. The molecular formula is C20H23KN2O2. The van der Waals surface area contributed by atoms with Crippen LogP contribution in [-0.4, -0.2) is 24.7 Å². The van der Waals surface area contributed by atoms with Gasteiger partial charge in [0.25, 0.3) is 0 Å². The summed E-state index contributed by atoms with van der Waals surface area (Å²) in [4.78, 5) is 4.45. The first-order valence-electron chi connectivity index (χ1n) is 8.43. The fourth-order valence-corrected chi connectivity index (χ4v) is 2.97. The van der Waals surface area contributed by atoms with Crippen LogP contribution >= 0.6 is 0 Å². The van der Waals surface area contributed by atoms with Gasteiger partial charge in [-0.25, -0.2) is 0 Å². The van der Waals surface area contributed by atoms with E-state index in [0.29, 0.717) is 0 Å². The van der Waals surface area contributed by atoms with Gasteiger partial charge in [-0.05, 0) is 39.0 Å². The number of fused-ring (bicyclic) bond motifs is 1. The van der Waals surface area contributed by atoms with Crippen LogP contribution in [0.15, 0.2) is 42.3 Å².